The van der Waals surface area contributed by atoms with Gasteiger partial charge >= 0.3 is 0 Å². The van der Waals surface area contributed by atoms with Crippen LogP contribution in [0.2, 0.25) is 0 Å². The van der Waals surface area contributed by atoms with E-state index in [2.05, 4.69) is 16.0 Å². The zero-order valence-electron chi connectivity index (χ0n) is 18.8. The monoisotopic (exact) mass is 467 g/mol. The number of nitrogens with one attached hydrogen (secondary N) is 4. The lowest BCUT2D eigenvalue weighted by atomic mass is 10.0. The lowest BCUT2D eigenvalue weighted by molar-refractivity contribution is -0.130. The van der Waals surface area contributed by atoms with Gasteiger partial charge in [-0.05, 0) is 42.5 Å². The molecule has 9 N–H and O–H groups in total. The van der Waals surface area contributed by atoms with Crippen LogP contribution in [0.5, 0.6) is 5.75 Å². The molecule has 0 aliphatic rings. The molecule has 0 saturated heterocycles. The standard InChI is InChI=1S/C24H31N6O4/c25-20(14-17-8-10-19(32)11-9-17)22(33)30-21(7-4-12-28-24(26)27)23(34)29-18(15-31)13-16-5-2-1-3-6-16/h1-3,5-6,8-11,18,20-21,32H,4,7,12-14,25H2,(H,29,34)(H,30,33)(H4,26,27,28)/t18-,20-,21+/m0/s1. The molecule has 3 atom stereocenters. The highest BCUT2D eigenvalue weighted by Crippen LogP contribution is 2.11. The maximum atomic E-state index is 12.9. The molecule has 0 aliphatic heterocycles. The number of hydrogen-bond acceptors (Lipinski definition) is 6. The lowest BCUT2D eigenvalue weighted by Crippen LogP contribution is -2.54. The molecule has 0 aliphatic carbocycles. The number of guanidine groups is 1. The van der Waals surface area contributed by atoms with Crippen LogP contribution in [0.3, 0.4) is 0 Å². The van der Waals surface area contributed by atoms with Gasteiger partial charge in [0.2, 0.25) is 18.1 Å². The van der Waals surface area contributed by atoms with E-state index >= 15 is 0 Å². The van der Waals surface area contributed by atoms with Crippen LogP contribution in [-0.4, -0.2) is 53.8 Å². The molecule has 10 nitrogen and oxygen atoms in total. The summed E-state index contributed by atoms with van der Waals surface area (Å²) in [7, 11) is 0. The van der Waals surface area contributed by atoms with Gasteiger partial charge in [0.25, 0.3) is 0 Å². The van der Waals surface area contributed by atoms with Crippen LogP contribution in [0.4, 0.5) is 0 Å². The molecule has 1 radical (unpaired) electrons. The zero-order chi connectivity index (χ0) is 24.9. The van der Waals surface area contributed by atoms with E-state index < -0.39 is 29.9 Å². The first-order chi connectivity index (χ1) is 16.3. The summed E-state index contributed by atoms with van der Waals surface area (Å²) in [6, 6.07) is 12.8. The first-order valence-electron chi connectivity index (χ1n) is 10.9. The van der Waals surface area contributed by atoms with Crippen LogP contribution in [-0.2, 0) is 27.2 Å². The van der Waals surface area contributed by atoms with E-state index in [0.717, 1.165) is 11.1 Å². The first kappa shape index (κ1) is 26.3. The summed E-state index contributed by atoms with van der Waals surface area (Å²) in [6.07, 6.45) is 2.98. The number of carbonyl (C=O) groups excluding carboxylic acids is 3. The molecule has 0 heterocycles. The molecular formula is C24H31N6O4. The van der Waals surface area contributed by atoms with E-state index in [0.29, 0.717) is 13.0 Å². The average molecular weight is 468 g/mol. The van der Waals surface area contributed by atoms with Crippen LogP contribution in [0.1, 0.15) is 24.0 Å². The summed E-state index contributed by atoms with van der Waals surface area (Å²) in [5, 5.41) is 24.6. The summed E-state index contributed by atoms with van der Waals surface area (Å²) >= 11 is 0. The first-order valence-corrected chi connectivity index (χ1v) is 10.9. The van der Waals surface area contributed by atoms with Crippen LogP contribution in [0.25, 0.3) is 0 Å². The number of aromatic hydroxyl groups is 1. The Balaban J connectivity index is 2.01. The van der Waals surface area contributed by atoms with Gasteiger partial charge in [-0.15, -0.1) is 0 Å². The van der Waals surface area contributed by atoms with Crippen molar-refractivity contribution in [2.45, 2.75) is 43.8 Å². The van der Waals surface area contributed by atoms with Crippen molar-refractivity contribution in [1.29, 1.82) is 5.41 Å². The van der Waals surface area contributed by atoms with Crippen molar-refractivity contribution in [2.24, 2.45) is 11.5 Å². The largest absolute Gasteiger partial charge is 0.508 e. The van der Waals surface area contributed by atoms with E-state index in [1.54, 1.807) is 12.1 Å². The van der Waals surface area contributed by atoms with Gasteiger partial charge in [-0.3, -0.25) is 19.8 Å². The van der Waals surface area contributed by atoms with Crippen molar-refractivity contribution < 1.29 is 19.5 Å². The van der Waals surface area contributed by atoms with E-state index in [1.165, 1.54) is 12.1 Å². The fraction of sp³-hybridized carbons (Fsp3) is 0.333. The molecular weight excluding hydrogens is 436 g/mol. The molecule has 0 saturated carbocycles. The number of phenolic OH excluding ortho intramolecular Hbond substituents is 1. The quantitative estimate of drug-likeness (QED) is 0.121. The SMILES string of the molecule is N=C(N)NCCC[C@@H](NC(=O)[C@@H](N)Cc1ccc(O)cc1)C(=O)N[C@H]([C]=O)Cc1ccccc1. The van der Waals surface area contributed by atoms with Gasteiger partial charge in [0.1, 0.15) is 11.8 Å². The Kier molecular flexibility index (Phi) is 10.5. The Morgan fingerprint density at radius 3 is 2.24 bits per heavy atom. The molecule has 2 amide bonds. The number of nitrogens with two attached hydrogens (primary N) is 2. The van der Waals surface area contributed by atoms with Gasteiger partial charge in [-0.2, -0.15) is 0 Å². The van der Waals surface area contributed by atoms with Gasteiger partial charge in [0.05, 0.1) is 12.1 Å². The van der Waals surface area contributed by atoms with Crippen LogP contribution in [0.15, 0.2) is 54.6 Å². The summed E-state index contributed by atoms with van der Waals surface area (Å²) in [5.74, 6) is -1.14. The second-order valence-electron chi connectivity index (χ2n) is 7.89. The maximum Gasteiger partial charge on any atom is 0.243 e. The third-order valence-electron chi connectivity index (χ3n) is 5.09. The molecule has 2 aromatic rings. The third kappa shape index (κ3) is 9.29. The fourth-order valence-corrected chi connectivity index (χ4v) is 3.30. The minimum atomic E-state index is -0.946. The molecule has 0 bridgehead atoms. The van der Waals surface area contributed by atoms with Gasteiger partial charge in [0.15, 0.2) is 5.96 Å². The van der Waals surface area contributed by atoms with E-state index in [1.807, 2.05) is 36.6 Å². The molecule has 10 heteroatoms. The molecule has 34 heavy (non-hydrogen) atoms. The fourth-order valence-electron chi connectivity index (χ4n) is 3.30. The molecule has 181 valence electrons. The van der Waals surface area contributed by atoms with E-state index in [4.69, 9.17) is 16.9 Å². The number of carbonyl (C=O) groups is 2. The predicted octanol–water partition coefficient (Wildman–Crippen LogP) is -0.153. The number of hydrogen-bond donors (Lipinski definition) is 7. The molecule has 2 rings (SSSR count). The van der Waals surface area contributed by atoms with Crippen molar-refractivity contribution in [2.75, 3.05) is 6.54 Å². The Morgan fingerprint density at radius 2 is 1.62 bits per heavy atom. The average Bonchev–Trinajstić information content (AvgIpc) is 2.82. The molecule has 0 unspecified atom stereocenters. The number of benzene rings is 2. The molecule has 0 fully saturated rings. The molecule has 0 spiro atoms. The summed E-state index contributed by atoms with van der Waals surface area (Å²) in [4.78, 5) is 37.1. The Bertz CT molecular complexity index is 952. The highest BCUT2D eigenvalue weighted by Gasteiger charge is 2.25. The van der Waals surface area contributed by atoms with Gasteiger partial charge < -0.3 is 32.5 Å². The van der Waals surface area contributed by atoms with Crippen molar-refractivity contribution >= 4 is 24.1 Å². The summed E-state index contributed by atoms with van der Waals surface area (Å²) in [5.41, 5.74) is 12.9. The van der Waals surface area contributed by atoms with Crippen molar-refractivity contribution in [1.82, 2.24) is 16.0 Å². The van der Waals surface area contributed by atoms with Gasteiger partial charge in [-0.1, -0.05) is 42.5 Å². The van der Waals surface area contributed by atoms with Gasteiger partial charge in [-0.25, -0.2) is 0 Å². The second-order valence-corrected chi connectivity index (χ2v) is 7.89. The van der Waals surface area contributed by atoms with Crippen molar-refractivity contribution in [3.8, 4) is 5.75 Å². The highest BCUT2D eigenvalue weighted by molar-refractivity contribution is 5.91. The van der Waals surface area contributed by atoms with E-state index in [-0.39, 0.29) is 31.0 Å². The molecule has 2 aromatic carbocycles. The highest BCUT2D eigenvalue weighted by atomic mass is 16.3. The maximum absolute atomic E-state index is 12.9. The van der Waals surface area contributed by atoms with Crippen LogP contribution >= 0.6 is 0 Å². The van der Waals surface area contributed by atoms with Crippen molar-refractivity contribution in [3.63, 3.8) is 0 Å². The summed E-state index contributed by atoms with van der Waals surface area (Å²) in [6.45, 7) is 0.335. The number of amides is 2. The zero-order valence-corrected chi connectivity index (χ0v) is 18.8. The van der Waals surface area contributed by atoms with Crippen LogP contribution in [0, 0.1) is 5.41 Å². The second kappa shape index (κ2) is 13.6. The minimum absolute atomic E-state index is 0.106. The van der Waals surface area contributed by atoms with Crippen LogP contribution < -0.4 is 27.4 Å². The normalized spacial score (nSPS) is 13.2. The lowest BCUT2D eigenvalue weighted by Gasteiger charge is -2.22. The van der Waals surface area contributed by atoms with Crippen molar-refractivity contribution in [3.05, 3.63) is 65.7 Å². The number of phenols is 1. The van der Waals surface area contributed by atoms with Gasteiger partial charge in [0, 0.05) is 13.0 Å². The Hall–Kier alpha value is -3.92. The Morgan fingerprint density at radius 1 is 0.971 bits per heavy atom. The predicted molar refractivity (Wildman–Crippen MR) is 129 cm³/mol. The number of rotatable bonds is 13. The van der Waals surface area contributed by atoms with E-state index in [9.17, 15) is 19.5 Å². The Labute approximate surface area is 198 Å². The smallest absolute Gasteiger partial charge is 0.243 e. The third-order valence-corrected chi connectivity index (χ3v) is 5.09. The molecule has 0 aromatic heterocycles. The minimum Gasteiger partial charge on any atom is -0.508 e. The summed E-state index contributed by atoms with van der Waals surface area (Å²) < 4.78 is 0. The topological polar surface area (TPSA) is 183 Å².